The van der Waals surface area contributed by atoms with Crippen LogP contribution in [0, 0.1) is 11.7 Å². The highest BCUT2D eigenvalue weighted by atomic mass is 19.1. The minimum Gasteiger partial charge on any atom is -0.256 e. The molecule has 2 heteroatoms. The number of unbranched alkanes of at least 4 members (excludes halogenated alkanes) is 4. The summed E-state index contributed by atoms with van der Waals surface area (Å²) < 4.78 is 14.7. The van der Waals surface area contributed by atoms with Crippen molar-refractivity contribution < 1.29 is 4.39 Å². The number of benzene rings is 1. The number of aromatic nitrogens is 1. The lowest BCUT2D eigenvalue weighted by atomic mass is 9.77. The van der Waals surface area contributed by atoms with E-state index < -0.39 is 0 Å². The van der Waals surface area contributed by atoms with Crippen molar-refractivity contribution >= 4 is 0 Å². The summed E-state index contributed by atoms with van der Waals surface area (Å²) in [4.78, 5) is 4.63. The topological polar surface area (TPSA) is 12.9 Å². The molecule has 0 spiro atoms. The Labute approximate surface area is 177 Å². The number of pyridine rings is 1. The monoisotopic (exact) mass is 395 g/mol. The van der Waals surface area contributed by atoms with Crippen molar-refractivity contribution in [1.29, 1.82) is 0 Å². The highest BCUT2D eigenvalue weighted by Crippen LogP contribution is 2.37. The predicted molar refractivity (Wildman–Crippen MR) is 122 cm³/mol. The SMILES string of the molecule is CCCCCCc1ccc(-c2ccc(C3CCC(CCCC)CC3)cn2)c(F)c1. The number of hydrogen-bond donors (Lipinski definition) is 0. The molecule has 158 valence electrons. The van der Waals surface area contributed by atoms with E-state index in [9.17, 15) is 4.39 Å². The lowest BCUT2D eigenvalue weighted by Crippen LogP contribution is -2.13. The fraction of sp³-hybridized carbons (Fsp3) is 0.593. The Morgan fingerprint density at radius 2 is 1.69 bits per heavy atom. The first-order valence-electron chi connectivity index (χ1n) is 12.0. The van der Waals surface area contributed by atoms with Crippen LogP contribution in [0.25, 0.3) is 11.3 Å². The molecule has 1 aliphatic carbocycles. The van der Waals surface area contributed by atoms with E-state index in [1.807, 2.05) is 18.3 Å². The second kappa shape index (κ2) is 11.5. The van der Waals surface area contributed by atoms with E-state index in [1.165, 1.54) is 69.8 Å². The molecule has 2 aromatic rings. The van der Waals surface area contributed by atoms with Crippen LogP contribution in [-0.4, -0.2) is 4.98 Å². The maximum absolute atomic E-state index is 14.7. The van der Waals surface area contributed by atoms with Gasteiger partial charge in [-0.25, -0.2) is 4.39 Å². The van der Waals surface area contributed by atoms with Gasteiger partial charge in [-0.05, 0) is 79.7 Å². The fourth-order valence-electron chi connectivity index (χ4n) is 4.76. The van der Waals surface area contributed by atoms with Gasteiger partial charge in [0.25, 0.3) is 0 Å². The molecule has 0 radical (unpaired) electrons. The van der Waals surface area contributed by atoms with Gasteiger partial charge in [-0.3, -0.25) is 4.98 Å². The summed E-state index contributed by atoms with van der Waals surface area (Å²) in [5, 5.41) is 0. The van der Waals surface area contributed by atoms with Gasteiger partial charge in [0.05, 0.1) is 5.69 Å². The summed E-state index contributed by atoms with van der Waals surface area (Å²) in [6.07, 6.45) is 17.1. The van der Waals surface area contributed by atoms with Crippen molar-refractivity contribution in [3.05, 3.63) is 53.5 Å². The predicted octanol–water partition coefficient (Wildman–Crippen LogP) is 8.47. The molecule has 29 heavy (non-hydrogen) atoms. The molecule has 0 saturated heterocycles. The first-order valence-corrected chi connectivity index (χ1v) is 12.0. The van der Waals surface area contributed by atoms with Gasteiger partial charge in [-0.2, -0.15) is 0 Å². The number of rotatable bonds is 10. The molecule has 1 aromatic heterocycles. The number of nitrogens with zero attached hydrogens (tertiary/aromatic N) is 1. The van der Waals surface area contributed by atoms with Crippen LogP contribution in [0.2, 0.25) is 0 Å². The van der Waals surface area contributed by atoms with Gasteiger partial charge in [-0.15, -0.1) is 0 Å². The first kappa shape index (κ1) is 22.0. The van der Waals surface area contributed by atoms with Crippen LogP contribution < -0.4 is 0 Å². The summed E-state index contributed by atoms with van der Waals surface area (Å²) in [5.41, 5.74) is 3.80. The van der Waals surface area contributed by atoms with Gasteiger partial charge >= 0.3 is 0 Å². The van der Waals surface area contributed by atoms with E-state index in [-0.39, 0.29) is 5.82 Å². The molecule has 0 N–H and O–H groups in total. The Bertz CT molecular complexity index is 729. The van der Waals surface area contributed by atoms with Gasteiger partial charge in [0.1, 0.15) is 5.82 Å². The number of hydrogen-bond acceptors (Lipinski definition) is 1. The summed E-state index contributed by atoms with van der Waals surface area (Å²) in [6, 6.07) is 9.87. The molecule has 3 rings (SSSR count). The van der Waals surface area contributed by atoms with Gasteiger partial charge in [0, 0.05) is 11.8 Å². The molecular weight excluding hydrogens is 357 g/mol. The van der Waals surface area contributed by atoms with Gasteiger partial charge in [-0.1, -0.05) is 64.5 Å². The Kier molecular flexibility index (Phi) is 8.70. The second-order valence-electron chi connectivity index (χ2n) is 8.96. The Morgan fingerprint density at radius 1 is 0.897 bits per heavy atom. The van der Waals surface area contributed by atoms with Gasteiger partial charge in [0.2, 0.25) is 0 Å². The second-order valence-corrected chi connectivity index (χ2v) is 8.96. The van der Waals surface area contributed by atoms with Gasteiger partial charge < -0.3 is 0 Å². The minimum atomic E-state index is -0.144. The van der Waals surface area contributed by atoms with Crippen LogP contribution in [0.4, 0.5) is 4.39 Å². The van der Waals surface area contributed by atoms with E-state index in [2.05, 4.69) is 31.0 Å². The lowest BCUT2D eigenvalue weighted by Gasteiger charge is -2.28. The number of aryl methyl sites for hydroxylation is 1. The molecule has 1 nitrogen and oxygen atoms in total. The van der Waals surface area contributed by atoms with Gasteiger partial charge in [0.15, 0.2) is 0 Å². The first-order chi connectivity index (χ1) is 14.2. The van der Waals surface area contributed by atoms with Crippen molar-refractivity contribution in [2.24, 2.45) is 5.92 Å². The summed E-state index contributed by atoms with van der Waals surface area (Å²) in [6.45, 7) is 4.49. The van der Waals surface area contributed by atoms with Crippen LogP contribution in [0.15, 0.2) is 36.5 Å². The summed E-state index contributed by atoms with van der Waals surface area (Å²) in [7, 11) is 0. The molecule has 0 amide bonds. The molecule has 1 aromatic carbocycles. The van der Waals surface area contributed by atoms with Crippen LogP contribution in [0.1, 0.15) is 102 Å². The third kappa shape index (κ3) is 6.39. The highest BCUT2D eigenvalue weighted by Gasteiger charge is 2.22. The molecule has 1 saturated carbocycles. The zero-order valence-electron chi connectivity index (χ0n) is 18.4. The molecule has 1 aliphatic rings. The average molecular weight is 396 g/mol. The highest BCUT2D eigenvalue weighted by molar-refractivity contribution is 5.60. The Balaban J connectivity index is 1.57. The van der Waals surface area contributed by atoms with Crippen molar-refractivity contribution in [3.63, 3.8) is 0 Å². The zero-order valence-corrected chi connectivity index (χ0v) is 18.4. The maximum Gasteiger partial charge on any atom is 0.132 e. The zero-order chi connectivity index (χ0) is 20.5. The average Bonchev–Trinajstić information content (AvgIpc) is 2.76. The van der Waals surface area contributed by atoms with Crippen LogP contribution in [0.3, 0.4) is 0 Å². The van der Waals surface area contributed by atoms with E-state index in [0.29, 0.717) is 11.5 Å². The fourth-order valence-corrected chi connectivity index (χ4v) is 4.76. The third-order valence-electron chi connectivity index (χ3n) is 6.70. The molecule has 1 fully saturated rings. The minimum absolute atomic E-state index is 0.144. The molecule has 0 atom stereocenters. The van der Waals surface area contributed by atoms with Crippen LogP contribution in [-0.2, 0) is 6.42 Å². The molecule has 0 aliphatic heterocycles. The van der Waals surface area contributed by atoms with Crippen LogP contribution in [0.5, 0.6) is 0 Å². The smallest absolute Gasteiger partial charge is 0.132 e. The van der Waals surface area contributed by atoms with Crippen molar-refractivity contribution in [2.45, 2.75) is 96.8 Å². The van der Waals surface area contributed by atoms with E-state index in [1.54, 1.807) is 6.07 Å². The van der Waals surface area contributed by atoms with Crippen LogP contribution >= 0.6 is 0 Å². The van der Waals surface area contributed by atoms with Crippen molar-refractivity contribution in [3.8, 4) is 11.3 Å². The summed E-state index contributed by atoms with van der Waals surface area (Å²) >= 11 is 0. The van der Waals surface area contributed by atoms with Crippen molar-refractivity contribution in [2.75, 3.05) is 0 Å². The Morgan fingerprint density at radius 3 is 2.34 bits per heavy atom. The lowest BCUT2D eigenvalue weighted by molar-refractivity contribution is 0.304. The molecule has 1 heterocycles. The van der Waals surface area contributed by atoms with E-state index in [0.717, 1.165) is 30.0 Å². The maximum atomic E-state index is 14.7. The molecule has 0 bridgehead atoms. The number of halogens is 1. The normalized spacial score (nSPS) is 19.4. The van der Waals surface area contributed by atoms with Crippen molar-refractivity contribution in [1.82, 2.24) is 4.98 Å². The summed E-state index contributed by atoms with van der Waals surface area (Å²) in [5.74, 6) is 1.41. The van der Waals surface area contributed by atoms with E-state index >= 15 is 0 Å². The molecule has 0 unspecified atom stereocenters. The quantitative estimate of drug-likeness (QED) is 0.368. The Hall–Kier alpha value is -1.70. The largest absolute Gasteiger partial charge is 0.256 e. The standard InChI is InChI=1S/C27H38FN/c1-3-5-7-8-10-22-13-17-25(26(28)19-22)27-18-16-24(20-29-27)23-14-11-21(12-15-23)9-6-4-2/h13,16-21,23H,3-12,14-15H2,1-2H3. The third-order valence-corrected chi connectivity index (χ3v) is 6.70. The molecular formula is C27H38FN. The van der Waals surface area contributed by atoms with E-state index in [4.69, 9.17) is 0 Å².